The van der Waals surface area contributed by atoms with Gasteiger partial charge in [0.1, 0.15) is 15.8 Å². The summed E-state index contributed by atoms with van der Waals surface area (Å²) < 4.78 is 34.1. The minimum absolute atomic E-state index is 0.0544. The first kappa shape index (κ1) is 16.7. The molecule has 0 fully saturated rings. The van der Waals surface area contributed by atoms with Crippen molar-refractivity contribution in [1.29, 1.82) is 0 Å². The molecule has 0 amide bonds. The van der Waals surface area contributed by atoms with Crippen LogP contribution in [0.15, 0.2) is 45.9 Å². The first-order valence-corrected chi connectivity index (χ1v) is 8.35. The van der Waals surface area contributed by atoms with E-state index in [1.54, 1.807) is 0 Å². The Hall–Kier alpha value is -1.64. The van der Waals surface area contributed by atoms with Gasteiger partial charge >= 0.3 is 16.1 Å². The molecule has 6 nitrogen and oxygen atoms in total. The van der Waals surface area contributed by atoms with Gasteiger partial charge in [0.2, 0.25) is 0 Å². The summed E-state index contributed by atoms with van der Waals surface area (Å²) in [7, 11) is -2.81. The van der Waals surface area contributed by atoms with Crippen LogP contribution in [0.5, 0.6) is 5.75 Å². The average molecular weight is 407 g/mol. The lowest BCUT2D eigenvalue weighted by Crippen LogP contribution is -2.10. The van der Waals surface area contributed by atoms with Crippen LogP contribution < -0.4 is 4.18 Å². The van der Waals surface area contributed by atoms with E-state index in [9.17, 15) is 13.2 Å². The van der Waals surface area contributed by atoms with Crippen LogP contribution in [0, 0.1) is 0 Å². The van der Waals surface area contributed by atoms with Crippen LogP contribution in [-0.2, 0) is 14.9 Å². The second-order valence-corrected chi connectivity index (χ2v) is 6.76. The van der Waals surface area contributed by atoms with E-state index >= 15 is 0 Å². The fraction of sp³-hybridized carbons (Fsp3) is 0.0769. The number of hydrogen-bond donors (Lipinski definition) is 0. The molecule has 22 heavy (non-hydrogen) atoms. The largest absolute Gasteiger partial charge is 0.465 e. The highest BCUT2D eigenvalue weighted by molar-refractivity contribution is 9.10. The fourth-order valence-corrected chi connectivity index (χ4v) is 2.99. The monoisotopic (exact) mass is 405 g/mol. The molecule has 0 saturated heterocycles. The summed E-state index contributed by atoms with van der Waals surface area (Å²) in [4.78, 5) is 14.9. The van der Waals surface area contributed by atoms with Gasteiger partial charge in [-0.15, -0.1) is 0 Å². The molecule has 2 rings (SSSR count). The maximum atomic E-state index is 12.1. The van der Waals surface area contributed by atoms with Crippen molar-refractivity contribution in [3.63, 3.8) is 0 Å². The maximum Gasteiger partial charge on any atom is 0.340 e. The van der Waals surface area contributed by atoms with E-state index in [2.05, 4.69) is 25.7 Å². The zero-order valence-corrected chi connectivity index (χ0v) is 14.3. The van der Waals surface area contributed by atoms with E-state index in [-0.39, 0.29) is 21.4 Å². The molecular weight excluding hydrogens is 398 g/mol. The fourth-order valence-electron chi connectivity index (χ4n) is 1.48. The predicted octanol–water partition coefficient (Wildman–Crippen LogP) is 3.05. The molecule has 0 aliphatic heterocycles. The molecule has 116 valence electrons. The quantitative estimate of drug-likeness (QED) is 0.441. The number of halogens is 2. The second-order valence-electron chi connectivity index (χ2n) is 4.00. The molecule has 1 heterocycles. The lowest BCUT2D eigenvalue weighted by Gasteiger charge is -2.08. The van der Waals surface area contributed by atoms with Gasteiger partial charge in [0.15, 0.2) is 0 Å². The summed E-state index contributed by atoms with van der Waals surface area (Å²) in [6.07, 6.45) is 1.09. The van der Waals surface area contributed by atoms with E-state index in [1.807, 2.05) is 0 Å². The number of nitrogens with zero attached hydrogens (tertiary/aromatic N) is 1. The van der Waals surface area contributed by atoms with Gasteiger partial charge in [0, 0.05) is 0 Å². The summed E-state index contributed by atoms with van der Waals surface area (Å²) in [6, 6.07) is 6.78. The van der Waals surface area contributed by atoms with Crippen molar-refractivity contribution in [1.82, 2.24) is 4.98 Å². The van der Waals surface area contributed by atoms with Crippen molar-refractivity contribution in [2.75, 3.05) is 7.11 Å². The highest BCUT2D eigenvalue weighted by atomic mass is 79.9. The highest BCUT2D eigenvalue weighted by Gasteiger charge is 2.19. The molecule has 0 aliphatic carbocycles. The first-order valence-electron chi connectivity index (χ1n) is 5.77. The van der Waals surface area contributed by atoms with Crippen LogP contribution in [0.2, 0.25) is 5.15 Å². The van der Waals surface area contributed by atoms with E-state index in [0.717, 1.165) is 6.20 Å². The van der Waals surface area contributed by atoms with E-state index in [0.29, 0.717) is 4.47 Å². The maximum absolute atomic E-state index is 12.1. The molecule has 0 unspecified atom stereocenters. The second kappa shape index (κ2) is 6.64. The number of methoxy groups -OCH3 is 1. The molecule has 0 N–H and O–H groups in total. The number of esters is 1. The van der Waals surface area contributed by atoms with Gasteiger partial charge in [0.25, 0.3) is 0 Å². The Morgan fingerprint density at radius 2 is 1.91 bits per heavy atom. The van der Waals surface area contributed by atoms with E-state index < -0.39 is 16.1 Å². The van der Waals surface area contributed by atoms with Crippen molar-refractivity contribution in [2.24, 2.45) is 0 Å². The lowest BCUT2D eigenvalue weighted by molar-refractivity contribution is 0.0600. The third-order valence-corrected chi connectivity index (χ3v) is 4.89. The van der Waals surface area contributed by atoms with Crippen LogP contribution in [0.1, 0.15) is 10.4 Å². The molecule has 2 aromatic rings. The lowest BCUT2D eigenvalue weighted by atomic mass is 10.2. The number of carbonyl (C=O) groups is 1. The third-order valence-electron chi connectivity index (χ3n) is 2.54. The number of rotatable bonds is 4. The molecule has 0 saturated carbocycles. The van der Waals surface area contributed by atoms with Gasteiger partial charge in [0.05, 0.1) is 23.3 Å². The summed E-state index contributed by atoms with van der Waals surface area (Å²) in [6.45, 7) is 0. The Kier molecular flexibility index (Phi) is 5.05. The molecule has 0 bridgehead atoms. The molecular formula is C13H9BrClNO5S. The third kappa shape index (κ3) is 3.76. The number of pyridine rings is 1. The average Bonchev–Trinajstić information content (AvgIpc) is 2.49. The van der Waals surface area contributed by atoms with Crippen molar-refractivity contribution < 1.29 is 22.1 Å². The van der Waals surface area contributed by atoms with Crippen molar-refractivity contribution in [3.05, 3.63) is 51.7 Å². The van der Waals surface area contributed by atoms with Gasteiger partial charge in [-0.3, -0.25) is 0 Å². The molecule has 9 heteroatoms. The minimum atomic E-state index is -4.06. The van der Waals surface area contributed by atoms with E-state index in [4.69, 9.17) is 15.8 Å². The predicted molar refractivity (Wildman–Crippen MR) is 82.5 cm³/mol. The smallest absolute Gasteiger partial charge is 0.340 e. The van der Waals surface area contributed by atoms with Gasteiger partial charge in [-0.05, 0) is 46.3 Å². The Labute approximate surface area is 140 Å². The topological polar surface area (TPSA) is 82.6 Å². The van der Waals surface area contributed by atoms with Crippen LogP contribution in [-0.4, -0.2) is 26.5 Å². The van der Waals surface area contributed by atoms with E-state index in [1.165, 1.54) is 37.4 Å². The molecule has 0 spiro atoms. The van der Waals surface area contributed by atoms with Gasteiger partial charge in [-0.2, -0.15) is 8.42 Å². The zero-order valence-electron chi connectivity index (χ0n) is 11.1. The Balaban J connectivity index is 2.25. The summed E-state index contributed by atoms with van der Waals surface area (Å²) in [5, 5.41) is 0.140. The van der Waals surface area contributed by atoms with Crippen LogP contribution in [0.4, 0.5) is 0 Å². The Morgan fingerprint density at radius 3 is 2.45 bits per heavy atom. The van der Waals surface area contributed by atoms with Crippen molar-refractivity contribution >= 4 is 43.6 Å². The van der Waals surface area contributed by atoms with Gasteiger partial charge < -0.3 is 8.92 Å². The van der Waals surface area contributed by atoms with Crippen LogP contribution in [0.25, 0.3) is 0 Å². The molecule has 0 atom stereocenters. The number of aromatic nitrogens is 1. The summed E-state index contributed by atoms with van der Waals surface area (Å²) >= 11 is 8.81. The molecule has 1 aromatic heterocycles. The van der Waals surface area contributed by atoms with Crippen molar-refractivity contribution in [2.45, 2.75) is 4.90 Å². The molecule has 0 aliphatic rings. The molecule has 1 aromatic carbocycles. The first-order chi connectivity index (χ1) is 10.3. The SMILES string of the molecule is COC(=O)c1ccc(OS(=O)(=O)c2cnc(Cl)c(Br)c2)cc1. The van der Waals surface area contributed by atoms with Crippen molar-refractivity contribution in [3.8, 4) is 5.75 Å². The number of carbonyl (C=O) groups excluding carboxylic acids is 1. The van der Waals surface area contributed by atoms with Gasteiger partial charge in [-0.1, -0.05) is 11.6 Å². The summed E-state index contributed by atoms with van der Waals surface area (Å²) in [5.41, 5.74) is 0.281. The highest BCUT2D eigenvalue weighted by Crippen LogP contribution is 2.25. The Bertz CT molecular complexity index is 808. The number of benzene rings is 1. The van der Waals surface area contributed by atoms with Crippen LogP contribution >= 0.6 is 27.5 Å². The Morgan fingerprint density at radius 1 is 1.27 bits per heavy atom. The van der Waals surface area contributed by atoms with Gasteiger partial charge in [-0.25, -0.2) is 9.78 Å². The zero-order chi connectivity index (χ0) is 16.3. The number of hydrogen-bond acceptors (Lipinski definition) is 6. The minimum Gasteiger partial charge on any atom is -0.465 e. The number of ether oxygens (including phenoxy) is 1. The van der Waals surface area contributed by atoms with Crippen LogP contribution in [0.3, 0.4) is 0 Å². The normalized spacial score (nSPS) is 11.0. The summed E-state index contributed by atoms with van der Waals surface area (Å²) in [5.74, 6) is -0.473. The standard InChI is InChI=1S/C13H9BrClNO5S/c1-20-13(17)8-2-4-9(5-3-8)21-22(18,19)10-6-11(14)12(15)16-7-10/h2-7H,1H3. The molecule has 0 radical (unpaired) electrons.